The highest BCUT2D eigenvalue weighted by molar-refractivity contribution is 9.10. The van der Waals surface area contributed by atoms with E-state index in [9.17, 15) is 4.39 Å². The molecule has 0 aliphatic rings. The Kier molecular flexibility index (Phi) is 4.15. The highest BCUT2D eigenvalue weighted by Crippen LogP contribution is 2.22. The lowest BCUT2D eigenvalue weighted by Gasteiger charge is -2.13. The van der Waals surface area contributed by atoms with E-state index < -0.39 is 0 Å². The Morgan fingerprint density at radius 3 is 2.44 bits per heavy atom. The Morgan fingerprint density at radius 1 is 1.17 bits per heavy atom. The molecular formula is C15H15BrFN. The maximum absolute atomic E-state index is 13.1. The molecule has 0 saturated carbocycles. The zero-order valence-corrected chi connectivity index (χ0v) is 11.7. The largest absolute Gasteiger partial charge is 0.324 e. The van der Waals surface area contributed by atoms with Crippen molar-refractivity contribution in [2.45, 2.75) is 19.4 Å². The van der Waals surface area contributed by atoms with Gasteiger partial charge in [-0.25, -0.2) is 4.39 Å². The molecular weight excluding hydrogens is 293 g/mol. The van der Waals surface area contributed by atoms with E-state index in [0.717, 1.165) is 12.0 Å². The zero-order valence-electron chi connectivity index (χ0n) is 10.2. The molecule has 3 heteroatoms. The van der Waals surface area contributed by atoms with Gasteiger partial charge in [0.1, 0.15) is 5.82 Å². The minimum Gasteiger partial charge on any atom is -0.324 e. The first-order chi connectivity index (χ1) is 8.56. The molecule has 18 heavy (non-hydrogen) atoms. The molecule has 94 valence electrons. The number of benzene rings is 2. The fourth-order valence-corrected chi connectivity index (χ4v) is 2.24. The topological polar surface area (TPSA) is 26.0 Å². The van der Waals surface area contributed by atoms with E-state index in [0.29, 0.717) is 4.47 Å². The molecule has 0 aromatic heterocycles. The molecule has 2 aromatic carbocycles. The Bertz CT molecular complexity index is 537. The zero-order chi connectivity index (χ0) is 13.1. The normalized spacial score (nSPS) is 12.4. The van der Waals surface area contributed by atoms with Crippen LogP contribution in [-0.4, -0.2) is 0 Å². The summed E-state index contributed by atoms with van der Waals surface area (Å²) in [4.78, 5) is 0. The summed E-state index contributed by atoms with van der Waals surface area (Å²) in [6, 6.07) is 13.1. The maximum Gasteiger partial charge on any atom is 0.137 e. The summed E-state index contributed by atoms with van der Waals surface area (Å²) < 4.78 is 13.6. The third-order valence-corrected chi connectivity index (χ3v) is 3.56. The van der Waals surface area contributed by atoms with Crippen LogP contribution < -0.4 is 5.73 Å². The van der Waals surface area contributed by atoms with Crippen LogP contribution in [0.1, 0.15) is 22.7 Å². The third-order valence-electron chi connectivity index (χ3n) is 2.95. The van der Waals surface area contributed by atoms with E-state index in [2.05, 4.69) is 47.1 Å². The monoisotopic (exact) mass is 307 g/mol. The molecule has 0 radical (unpaired) electrons. The van der Waals surface area contributed by atoms with E-state index in [-0.39, 0.29) is 11.9 Å². The lowest BCUT2D eigenvalue weighted by Crippen LogP contribution is -2.13. The van der Waals surface area contributed by atoms with Crippen LogP contribution >= 0.6 is 15.9 Å². The van der Waals surface area contributed by atoms with Gasteiger partial charge in [0.05, 0.1) is 4.47 Å². The van der Waals surface area contributed by atoms with Gasteiger partial charge in [0.25, 0.3) is 0 Å². The number of halogens is 2. The minimum absolute atomic E-state index is 0.121. The van der Waals surface area contributed by atoms with Crippen molar-refractivity contribution in [3.05, 3.63) is 69.4 Å². The van der Waals surface area contributed by atoms with E-state index in [1.54, 1.807) is 12.1 Å². The van der Waals surface area contributed by atoms with Crippen molar-refractivity contribution < 1.29 is 4.39 Å². The van der Waals surface area contributed by atoms with Crippen LogP contribution in [0.25, 0.3) is 0 Å². The van der Waals surface area contributed by atoms with E-state index in [1.165, 1.54) is 17.2 Å². The summed E-state index contributed by atoms with van der Waals surface area (Å²) in [5.41, 5.74) is 9.50. The van der Waals surface area contributed by atoms with E-state index >= 15 is 0 Å². The fraction of sp³-hybridized carbons (Fsp3) is 0.200. The quantitative estimate of drug-likeness (QED) is 0.906. The predicted octanol–water partition coefficient (Wildman–Crippen LogP) is 4.14. The predicted molar refractivity (Wildman–Crippen MR) is 75.9 cm³/mol. The second-order valence-corrected chi connectivity index (χ2v) is 5.32. The van der Waals surface area contributed by atoms with Crippen molar-refractivity contribution in [2.75, 3.05) is 0 Å². The van der Waals surface area contributed by atoms with Gasteiger partial charge in [0.2, 0.25) is 0 Å². The molecule has 0 spiro atoms. The number of aryl methyl sites for hydroxylation is 1. The first-order valence-electron chi connectivity index (χ1n) is 5.82. The average molecular weight is 308 g/mol. The molecule has 0 bridgehead atoms. The summed E-state index contributed by atoms with van der Waals surface area (Å²) in [5.74, 6) is -0.263. The smallest absolute Gasteiger partial charge is 0.137 e. The minimum atomic E-state index is -0.263. The van der Waals surface area contributed by atoms with Crippen LogP contribution in [0, 0.1) is 12.7 Å². The maximum atomic E-state index is 13.1. The van der Waals surface area contributed by atoms with Gasteiger partial charge < -0.3 is 5.73 Å². The molecule has 1 unspecified atom stereocenters. The molecule has 0 aliphatic carbocycles. The highest BCUT2D eigenvalue weighted by Gasteiger charge is 2.09. The Labute approximate surface area is 115 Å². The summed E-state index contributed by atoms with van der Waals surface area (Å²) in [6.07, 6.45) is 0.748. The average Bonchev–Trinajstić information content (AvgIpc) is 2.35. The third kappa shape index (κ3) is 3.18. The van der Waals surface area contributed by atoms with Crippen LogP contribution in [0.5, 0.6) is 0 Å². The Morgan fingerprint density at radius 2 is 1.83 bits per heavy atom. The van der Waals surface area contributed by atoms with Crippen molar-refractivity contribution >= 4 is 15.9 Å². The van der Waals surface area contributed by atoms with Crippen LogP contribution in [0.4, 0.5) is 4.39 Å². The van der Waals surface area contributed by atoms with Crippen molar-refractivity contribution in [2.24, 2.45) is 5.73 Å². The van der Waals surface area contributed by atoms with E-state index in [4.69, 9.17) is 5.73 Å². The number of rotatable bonds is 3. The first-order valence-corrected chi connectivity index (χ1v) is 6.61. The second kappa shape index (κ2) is 5.63. The van der Waals surface area contributed by atoms with Crippen molar-refractivity contribution in [3.8, 4) is 0 Å². The molecule has 2 aromatic rings. The highest BCUT2D eigenvalue weighted by atomic mass is 79.9. The van der Waals surface area contributed by atoms with Gasteiger partial charge in [-0.1, -0.05) is 35.9 Å². The number of hydrogen-bond acceptors (Lipinski definition) is 1. The lowest BCUT2D eigenvalue weighted by molar-refractivity contribution is 0.617. The van der Waals surface area contributed by atoms with Crippen LogP contribution in [-0.2, 0) is 6.42 Å². The summed E-state index contributed by atoms with van der Waals surface area (Å²) in [6.45, 7) is 2.06. The number of hydrogen-bond donors (Lipinski definition) is 1. The van der Waals surface area contributed by atoms with Crippen molar-refractivity contribution in [1.29, 1.82) is 0 Å². The van der Waals surface area contributed by atoms with Gasteiger partial charge in [-0.05, 0) is 52.5 Å². The Hall–Kier alpha value is -1.19. The second-order valence-electron chi connectivity index (χ2n) is 4.47. The van der Waals surface area contributed by atoms with Gasteiger partial charge in [-0.2, -0.15) is 0 Å². The van der Waals surface area contributed by atoms with Crippen LogP contribution in [0.3, 0.4) is 0 Å². The van der Waals surface area contributed by atoms with Gasteiger partial charge >= 0.3 is 0 Å². The van der Waals surface area contributed by atoms with Crippen LogP contribution in [0.15, 0.2) is 46.9 Å². The number of nitrogens with two attached hydrogens (primary N) is 1. The first kappa shape index (κ1) is 13.2. The SMILES string of the molecule is Cc1ccc(CC(N)c2ccc(F)c(Br)c2)cc1. The van der Waals surface area contributed by atoms with Gasteiger partial charge in [-0.3, -0.25) is 0 Å². The Balaban J connectivity index is 2.13. The molecule has 1 nitrogen and oxygen atoms in total. The molecule has 0 saturated heterocycles. The van der Waals surface area contributed by atoms with Crippen LogP contribution in [0.2, 0.25) is 0 Å². The molecule has 1 atom stereocenters. The molecule has 2 N–H and O–H groups in total. The molecule has 0 fully saturated rings. The molecule has 0 heterocycles. The van der Waals surface area contributed by atoms with Crippen molar-refractivity contribution in [1.82, 2.24) is 0 Å². The lowest BCUT2D eigenvalue weighted by atomic mass is 9.99. The van der Waals surface area contributed by atoms with Gasteiger partial charge in [0.15, 0.2) is 0 Å². The standard InChI is InChI=1S/C15H15BrFN/c1-10-2-4-11(5-3-10)8-15(18)12-6-7-14(17)13(16)9-12/h2-7,9,15H,8,18H2,1H3. The fourth-order valence-electron chi connectivity index (χ4n) is 1.84. The van der Waals surface area contributed by atoms with E-state index in [1.807, 2.05) is 0 Å². The molecule has 0 aliphatic heterocycles. The van der Waals surface area contributed by atoms with Gasteiger partial charge in [0, 0.05) is 6.04 Å². The summed E-state index contributed by atoms with van der Waals surface area (Å²) in [7, 11) is 0. The summed E-state index contributed by atoms with van der Waals surface area (Å²) >= 11 is 3.18. The van der Waals surface area contributed by atoms with Crippen molar-refractivity contribution in [3.63, 3.8) is 0 Å². The van der Waals surface area contributed by atoms with Gasteiger partial charge in [-0.15, -0.1) is 0 Å². The molecule has 2 rings (SSSR count). The molecule has 0 amide bonds. The summed E-state index contributed by atoms with van der Waals surface area (Å²) in [5, 5.41) is 0.